The number of hydrogen-bond donors (Lipinski definition) is 1. The summed E-state index contributed by atoms with van der Waals surface area (Å²) in [4.78, 5) is 5.42. The first-order valence-electron chi connectivity index (χ1n) is 9.55. The molecule has 2 aliphatic heterocycles. The summed E-state index contributed by atoms with van der Waals surface area (Å²) in [5, 5.41) is 0. The lowest BCUT2D eigenvalue weighted by atomic mass is 9.84. The van der Waals surface area contributed by atoms with Crippen molar-refractivity contribution in [2.75, 3.05) is 32.7 Å². The van der Waals surface area contributed by atoms with Gasteiger partial charge in [0.1, 0.15) is 0 Å². The third-order valence-electron chi connectivity index (χ3n) is 6.19. The molecule has 3 aliphatic rings. The number of hydrogen-bond acceptors (Lipinski definition) is 3. The van der Waals surface area contributed by atoms with Crippen molar-refractivity contribution in [1.29, 1.82) is 0 Å². The van der Waals surface area contributed by atoms with E-state index in [-0.39, 0.29) is 0 Å². The summed E-state index contributed by atoms with van der Waals surface area (Å²) < 4.78 is 0. The van der Waals surface area contributed by atoms with E-state index in [4.69, 9.17) is 5.73 Å². The van der Waals surface area contributed by atoms with Gasteiger partial charge in [-0.1, -0.05) is 25.7 Å². The molecule has 3 nitrogen and oxygen atoms in total. The number of piperidine rings is 2. The Balaban J connectivity index is 1.38. The molecular formula is C18H35N3. The molecule has 1 atom stereocenters. The first-order chi connectivity index (χ1) is 10.3. The molecule has 122 valence electrons. The third-order valence-corrected chi connectivity index (χ3v) is 6.19. The molecule has 0 amide bonds. The van der Waals surface area contributed by atoms with E-state index in [1.165, 1.54) is 90.4 Å². The zero-order chi connectivity index (χ0) is 14.5. The van der Waals surface area contributed by atoms with Gasteiger partial charge in [0, 0.05) is 18.6 Å². The van der Waals surface area contributed by atoms with Crippen LogP contribution in [0, 0.1) is 5.92 Å². The Morgan fingerprint density at radius 2 is 1.38 bits per heavy atom. The molecule has 0 aromatic rings. The van der Waals surface area contributed by atoms with Crippen LogP contribution in [0.25, 0.3) is 0 Å². The van der Waals surface area contributed by atoms with E-state index in [1.54, 1.807) is 0 Å². The molecule has 2 N–H and O–H groups in total. The van der Waals surface area contributed by atoms with Gasteiger partial charge in [0.15, 0.2) is 0 Å². The lowest BCUT2D eigenvalue weighted by Gasteiger charge is -2.41. The second kappa shape index (κ2) is 7.94. The van der Waals surface area contributed by atoms with Crippen molar-refractivity contribution in [3.8, 4) is 0 Å². The number of rotatable bonds is 4. The van der Waals surface area contributed by atoms with Gasteiger partial charge in [-0.25, -0.2) is 0 Å². The number of nitrogens with zero attached hydrogens (tertiary/aromatic N) is 2. The fourth-order valence-electron chi connectivity index (χ4n) is 4.76. The van der Waals surface area contributed by atoms with Crippen molar-refractivity contribution in [2.24, 2.45) is 11.7 Å². The summed E-state index contributed by atoms with van der Waals surface area (Å²) in [6.07, 6.45) is 14.1. The van der Waals surface area contributed by atoms with E-state index in [1.807, 2.05) is 0 Å². The quantitative estimate of drug-likeness (QED) is 0.865. The van der Waals surface area contributed by atoms with Crippen LogP contribution in [-0.4, -0.2) is 54.6 Å². The SMILES string of the molecule is NC(CN1CCC(N2CCCCC2)CC1)C1CCCCC1. The van der Waals surface area contributed by atoms with Crippen LogP contribution >= 0.6 is 0 Å². The second-order valence-electron chi connectivity index (χ2n) is 7.69. The zero-order valence-corrected chi connectivity index (χ0v) is 13.8. The average Bonchev–Trinajstić information content (AvgIpc) is 2.57. The molecule has 1 unspecified atom stereocenters. The lowest BCUT2D eigenvalue weighted by Crippen LogP contribution is -2.50. The highest BCUT2D eigenvalue weighted by Gasteiger charge is 2.28. The van der Waals surface area contributed by atoms with Gasteiger partial charge < -0.3 is 15.5 Å². The predicted octanol–water partition coefficient (Wildman–Crippen LogP) is 2.84. The van der Waals surface area contributed by atoms with Crippen molar-refractivity contribution >= 4 is 0 Å². The van der Waals surface area contributed by atoms with Gasteiger partial charge in [-0.15, -0.1) is 0 Å². The molecule has 0 bridgehead atoms. The molecule has 0 radical (unpaired) electrons. The Hall–Kier alpha value is -0.120. The topological polar surface area (TPSA) is 32.5 Å². The summed E-state index contributed by atoms with van der Waals surface area (Å²) in [5.41, 5.74) is 6.50. The molecule has 21 heavy (non-hydrogen) atoms. The first-order valence-corrected chi connectivity index (χ1v) is 9.55. The summed E-state index contributed by atoms with van der Waals surface area (Å²) in [6.45, 7) is 6.42. The lowest BCUT2D eigenvalue weighted by molar-refractivity contribution is 0.0851. The van der Waals surface area contributed by atoms with E-state index in [0.29, 0.717) is 6.04 Å². The molecule has 3 rings (SSSR count). The molecule has 0 aromatic carbocycles. The number of likely N-dealkylation sites (tertiary alicyclic amines) is 2. The van der Waals surface area contributed by atoms with Gasteiger partial charge in [0.05, 0.1) is 0 Å². The summed E-state index contributed by atoms with van der Waals surface area (Å²) in [6, 6.07) is 1.30. The highest BCUT2D eigenvalue weighted by molar-refractivity contribution is 4.85. The van der Waals surface area contributed by atoms with Crippen molar-refractivity contribution in [1.82, 2.24) is 9.80 Å². The van der Waals surface area contributed by atoms with Gasteiger partial charge >= 0.3 is 0 Å². The van der Waals surface area contributed by atoms with Crippen LogP contribution in [0.4, 0.5) is 0 Å². The molecule has 2 heterocycles. The largest absolute Gasteiger partial charge is 0.326 e. The van der Waals surface area contributed by atoms with Crippen LogP contribution in [0.2, 0.25) is 0 Å². The van der Waals surface area contributed by atoms with Crippen molar-refractivity contribution in [2.45, 2.75) is 76.3 Å². The second-order valence-corrected chi connectivity index (χ2v) is 7.69. The normalized spacial score (nSPS) is 29.6. The monoisotopic (exact) mass is 293 g/mol. The van der Waals surface area contributed by atoms with E-state index < -0.39 is 0 Å². The maximum absolute atomic E-state index is 6.50. The minimum atomic E-state index is 0.428. The summed E-state index contributed by atoms with van der Waals surface area (Å²) in [5.74, 6) is 0.804. The van der Waals surface area contributed by atoms with Crippen LogP contribution in [-0.2, 0) is 0 Å². The molecule has 0 spiro atoms. The van der Waals surface area contributed by atoms with Crippen LogP contribution in [0.15, 0.2) is 0 Å². The van der Waals surface area contributed by atoms with E-state index in [0.717, 1.165) is 18.5 Å². The van der Waals surface area contributed by atoms with E-state index in [2.05, 4.69) is 9.80 Å². The van der Waals surface area contributed by atoms with Crippen molar-refractivity contribution in [3.05, 3.63) is 0 Å². The molecule has 1 saturated carbocycles. The molecule has 2 saturated heterocycles. The predicted molar refractivity (Wildman–Crippen MR) is 89.4 cm³/mol. The van der Waals surface area contributed by atoms with Crippen LogP contribution in [0.1, 0.15) is 64.2 Å². The highest BCUT2D eigenvalue weighted by Crippen LogP contribution is 2.27. The average molecular weight is 293 g/mol. The molecule has 3 fully saturated rings. The van der Waals surface area contributed by atoms with Crippen LogP contribution < -0.4 is 5.73 Å². The minimum absolute atomic E-state index is 0.428. The Morgan fingerprint density at radius 3 is 2.05 bits per heavy atom. The van der Waals surface area contributed by atoms with Gasteiger partial charge in [0.2, 0.25) is 0 Å². The molecule has 1 aliphatic carbocycles. The summed E-state index contributed by atoms with van der Waals surface area (Å²) >= 11 is 0. The summed E-state index contributed by atoms with van der Waals surface area (Å²) in [7, 11) is 0. The fourth-order valence-corrected chi connectivity index (χ4v) is 4.76. The zero-order valence-electron chi connectivity index (χ0n) is 13.8. The van der Waals surface area contributed by atoms with Gasteiger partial charge in [-0.3, -0.25) is 0 Å². The van der Waals surface area contributed by atoms with Crippen molar-refractivity contribution in [3.63, 3.8) is 0 Å². The minimum Gasteiger partial charge on any atom is -0.326 e. The Bertz CT molecular complexity index is 287. The maximum atomic E-state index is 6.50. The molecule has 0 aromatic heterocycles. The standard InChI is InChI=1S/C18H35N3/c19-18(16-7-3-1-4-8-16)15-20-13-9-17(10-14-20)21-11-5-2-6-12-21/h16-18H,1-15,19H2. The maximum Gasteiger partial charge on any atom is 0.0196 e. The van der Waals surface area contributed by atoms with Crippen molar-refractivity contribution < 1.29 is 0 Å². The molecular weight excluding hydrogens is 258 g/mol. The highest BCUT2D eigenvalue weighted by atomic mass is 15.2. The fraction of sp³-hybridized carbons (Fsp3) is 1.00. The van der Waals surface area contributed by atoms with Gasteiger partial charge in [-0.05, 0) is 70.6 Å². The van der Waals surface area contributed by atoms with E-state index in [9.17, 15) is 0 Å². The number of nitrogens with two attached hydrogens (primary N) is 1. The first kappa shape index (κ1) is 15.8. The van der Waals surface area contributed by atoms with Crippen LogP contribution in [0.3, 0.4) is 0 Å². The third kappa shape index (κ3) is 4.43. The Labute approximate surface area is 131 Å². The molecule has 3 heteroatoms. The smallest absolute Gasteiger partial charge is 0.0196 e. The van der Waals surface area contributed by atoms with E-state index >= 15 is 0 Å². The Morgan fingerprint density at radius 1 is 0.762 bits per heavy atom. The Kier molecular flexibility index (Phi) is 5.96. The van der Waals surface area contributed by atoms with Crippen LogP contribution in [0.5, 0.6) is 0 Å². The van der Waals surface area contributed by atoms with Gasteiger partial charge in [0.25, 0.3) is 0 Å². The van der Waals surface area contributed by atoms with Gasteiger partial charge in [-0.2, -0.15) is 0 Å².